The Morgan fingerprint density at radius 3 is 2.29 bits per heavy atom. The number of sulfone groups is 1. The van der Waals surface area contributed by atoms with Gasteiger partial charge in [-0.1, -0.05) is 90.7 Å². The van der Waals surface area contributed by atoms with Crippen LogP contribution < -0.4 is 36.6 Å². The van der Waals surface area contributed by atoms with E-state index in [0.29, 0.717) is 91.8 Å². The predicted molar refractivity (Wildman–Crippen MR) is 386 cm³/mol. The molecule has 20 nitrogen and oxygen atoms in total. The third-order valence-corrected chi connectivity index (χ3v) is 22.9. The number of nitrogens with zero attached hydrogens (tertiary/aromatic N) is 5. The molecule has 27 heteroatoms. The van der Waals surface area contributed by atoms with E-state index in [4.69, 9.17) is 26.8 Å². The monoisotopic (exact) mass is 1440 g/mol. The van der Waals surface area contributed by atoms with Crippen LogP contribution in [-0.4, -0.2) is 191 Å². The number of carbonyl (C=O) groups excluding carboxylic acids is 5. The molecule has 0 saturated carbocycles. The van der Waals surface area contributed by atoms with E-state index < -0.39 is 54.8 Å². The first kappa shape index (κ1) is 74.0. The van der Waals surface area contributed by atoms with Crippen LogP contribution in [0.25, 0.3) is 11.3 Å². The fourth-order valence-electron chi connectivity index (χ4n) is 12.9. The number of hydrogen-bond acceptors (Lipinski definition) is 17. The summed E-state index contributed by atoms with van der Waals surface area (Å²) >= 11 is 7.73. The average Bonchev–Trinajstić information content (AvgIpc) is 1.71. The van der Waals surface area contributed by atoms with Gasteiger partial charge >= 0.3 is 5.51 Å². The van der Waals surface area contributed by atoms with E-state index in [9.17, 15) is 45.6 Å². The quantitative estimate of drug-likeness (QED) is 0.0113. The zero-order valence-corrected chi connectivity index (χ0v) is 59.2. The lowest BCUT2D eigenvalue weighted by molar-refractivity contribution is -0.136. The summed E-state index contributed by atoms with van der Waals surface area (Å²) in [6, 6.07) is 32.8. The summed E-state index contributed by atoms with van der Waals surface area (Å²) in [5.74, 6) is -1.49. The molecule has 4 heterocycles. The van der Waals surface area contributed by atoms with Gasteiger partial charge in [0.25, 0.3) is 21.7 Å². The molecule has 10 rings (SSSR count). The van der Waals surface area contributed by atoms with Crippen LogP contribution in [0.2, 0.25) is 5.02 Å². The summed E-state index contributed by atoms with van der Waals surface area (Å²) in [4.78, 5) is 75.2. The minimum Gasteiger partial charge on any atom is -0.399 e. The molecule has 530 valence electrons. The smallest absolute Gasteiger partial charge is 0.399 e. The Morgan fingerprint density at radius 1 is 0.869 bits per heavy atom. The zero-order chi connectivity index (χ0) is 70.4. The summed E-state index contributed by atoms with van der Waals surface area (Å²) in [7, 11) is -7.20. The number of ether oxygens (including phenoxy) is 2. The number of amides is 5. The predicted octanol–water partition coefficient (Wildman–Crippen LogP) is 10.1. The van der Waals surface area contributed by atoms with E-state index in [2.05, 4.69) is 73.2 Å². The Kier molecular flexibility index (Phi) is 25.2. The number of imide groups is 1. The highest BCUT2D eigenvalue weighted by Gasteiger charge is 2.49. The summed E-state index contributed by atoms with van der Waals surface area (Å²) in [6.07, 6.45) is 5.49. The summed E-state index contributed by atoms with van der Waals surface area (Å²) < 4.78 is 85.4. The van der Waals surface area contributed by atoms with Gasteiger partial charge in [0, 0.05) is 139 Å². The van der Waals surface area contributed by atoms with Crippen molar-refractivity contribution in [2.45, 2.75) is 91.6 Å². The molecular formula is C72H87ClF3N11O9S3. The first-order valence-electron chi connectivity index (χ1n) is 33.3. The summed E-state index contributed by atoms with van der Waals surface area (Å²) in [5.41, 5.74) is 8.33. The van der Waals surface area contributed by atoms with Crippen molar-refractivity contribution >= 4 is 107 Å². The average molecular weight is 1440 g/mol. The Labute approximate surface area is 589 Å². The number of rotatable bonds is 29. The van der Waals surface area contributed by atoms with Gasteiger partial charge < -0.3 is 41.0 Å². The molecule has 0 bridgehead atoms. The molecule has 3 atom stereocenters. The second-order valence-corrected chi connectivity index (χ2v) is 31.1. The number of carbonyl (C=O) groups is 5. The van der Waals surface area contributed by atoms with Crippen LogP contribution in [0.15, 0.2) is 154 Å². The first-order chi connectivity index (χ1) is 47.4. The van der Waals surface area contributed by atoms with Crippen molar-refractivity contribution in [2.75, 3.05) is 126 Å². The maximum atomic E-state index is 14.7. The van der Waals surface area contributed by atoms with Gasteiger partial charge in [0.2, 0.25) is 17.7 Å². The Morgan fingerprint density at radius 2 is 1.59 bits per heavy atom. The van der Waals surface area contributed by atoms with E-state index in [1.807, 2.05) is 54.6 Å². The van der Waals surface area contributed by atoms with Crippen LogP contribution in [-0.2, 0) is 33.7 Å². The Hall–Kier alpha value is -7.69. The van der Waals surface area contributed by atoms with Crippen molar-refractivity contribution in [1.82, 2.24) is 35.0 Å². The highest BCUT2D eigenvalue weighted by atomic mass is 35.5. The van der Waals surface area contributed by atoms with Crippen LogP contribution in [0.1, 0.15) is 91.1 Å². The molecule has 2 unspecified atom stereocenters. The number of piperidine rings is 1. The number of nitrogens with two attached hydrogens (primary N) is 1. The molecule has 0 radical (unpaired) electrons. The minimum atomic E-state index is -5.90. The first-order valence-corrected chi connectivity index (χ1v) is 37.4. The molecule has 1 aliphatic carbocycles. The summed E-state index contributed by atoms with van der Waals surface area (Å²) in [5, 5.41) is 14.0. The SMILES string of the molecule is C=C1c2cccc(NCCOCCOC/C(N)=C/NCC(=O)N3CCN(CC[C@H](CSc4ccccc4)Nc4ccc(/S(=C\C)NC(=O)c5ccc(N6CCN(CC7=C(c8ccc(Cl)cc8)CCC(C)(C)C7)CC6)cc5)cc4S(=O)(=O)C(F)(F)F)CC3)c2C(=O)N1C1CCC(=O)NC1=O. The Balaban J connectivity index is 0.671. The third-order valence-electron chi connectivity index (χ3n) is 18.3. The van der Waals surface area contributed by atoms with Gasteiger partial charge in [-0.15, -0.1) is 11.8 Å². The van der Waals surface area contributed by atoms with Gasteiger partial charge in [-0.05, 0) is 134 Å². The number of alkyl halides is 3. The number of benzene rings is 5. The number of anilines is 3. The number of allylic oxidation sites excluding steroid dienone is 1. The molecule has 5 aromatic carbocycles. The van der Waals surface area contributed by atoms with Crippen molar-refractivity contribution in [3.8, 4) is 0 Å². The number of piperazine rings is 2. The van der Waals surface area contributed by atoms with E-state index in [-0.39, 0.29) is 72.9 Å². The zero-order valence-electron chi connectivity index (χ0n) is 56.0. The van der Waals surface area contributed by atoms with Crippen molar-refractivity contribution < 1.29 is 55.0 Å². The van der Waals surface area contributed by atoms with E-state index in [0.717, 1.165) is 73.7 Å². The van der Waals surface area contributed by atoms with Gasteiger partial charge in [-0.25, -0.2) is 8.42 Å². The number of thioether (sulfide) groups is 1. The number of hydrogen-bond donors (Lipinski definition) is 6. The van der Waals surface area contributed by atoms with Gasteiger partial charge in [0.1, 0.15) is 10.9 Å². The highest BCUT2D eigenvalue weighted by Crippen LogP contribution is 2.44. The van der Waals surface area contributed by atoms with Crippen molar-refractivity contribution in [1.29, 1.82) is 0 Å². The fourth-order valence-corrected chi connectivity index (χ4v) is 16.3. The van der Waals surface area contributed by atoms with Gasteiger partial charge in [-0.3, -0.25) is 48.7 Å². The maximum Gasteiger partial charge on any atom is 0.501 e. The lowest BCUT2D eigenvalue weighted by Gasteiger charge is -2.39. The van der Waals surface area contributed by atoms with Crippen LogP contribution in [0.3, 0.4) is 0 Å². The second-order valence-electron chi connectivity index (χ2n) is 25.8. The molecule has 5 aliphatic rings. The molecule has 5 amide bonds. The molecule has 0 aromatic heterocycles. The minimum absolute atomic E-state index is 0.00954. The van der Waals surface area contributed by atoms with Crippen LogP contribution in [0.4, 0.5) is 30.2 Å². The van der Waals surface area contributed by atoms with Gasteiger partial charge in [-0.2, -0.15) is 13.2 Å². The van der Waals surface area contributed by atoms with Crippen molar-refractivity contribution in [3.05, 3.63) is 167 Å². The normalized spacial score (nSPS) is 18.7. The van der Waals surface area contributed by atoms with E-state index in [1.54, 1.807) is 53.6 Å². The van der Waals surface area contributed by atoms with Crippen LogP contribution >= 0.6 is 34.0 Å². The summed E-state index contributed by atoms with van der Waals surface area (Å²) in [6.45, 7) is 18.3. The fraction of sp³-hybridized carbons (Fsp3) is 0.417. The lowest BCUT2D eigenvalue weighted by Crippen LogP contribution is -2.52. The third kappa shape index (κ3) is 19.2. The molecule has 0 spiro atoms. The molecule has 99 heavy (non-hydrogen) atoms. The van der Waals surface area contributed by atoms with Crippen molar-refractivity contribution in [3.63, 3.8) is 0 Å². The largest absolute Gasteiger partial charge is 0.501 e. The topological polar surface area (TPSA) is 240 Å². The highest BCUT2D eigenvalue weighted by molar-refractivity contribution is 8.13. The van der Waals surface area contributed by atoms with Crippen LogP contribution in [0.5, 0.6) is 0 Å². The maximum absolute atomic E-state index is 14.7. The Bertz CT molecular complexity index is 3960. The standard InChI is InChI=1S/C72H87ClF3N11O9S3/c1-5-98(82-68(90)51-16-20-56(21-17-51)85-35-33-84(34-36-85)46-52-43-71(3,4)28-26-60(52)50-14-18-53(73)19-15-50)58-22-23-61(64(42-58)99(93,94)72(74,75)76)80-55(48-97-57-10-7-6-8-11-57)27-30-83-31-37-86(38-32-83)66(89)45-78-44-54(77)47-96-41-40-95-39-29-79-62-13-9-12-59-49(2)87(70(92)67(59)62)63-24-25-65(88)81-69(63)91/h5-23,42,44,55,63,78-80H,2,24-41,43,45-48,77H2,1,3-4H3,(H,82,90)(H,81,88,91)/b54-44-/t55-,63?,98?/m1/s1. The lowest BCUT2D eigenvalue weighted by atomic mass is 9.73. The molecule has 5 aromatic rings. The second kappa shape index (κ2) is 33.7. The van der Waals surface area contributed by atoms with Crippen LogP contribution in [0, 0.1) is 5.41 Å². The van der Waals surface area contributed by atoms with Gasteiger partial charge in [0.15, 0.2) is 0 Å². The molecular weight excluding hydrogens is 1350 g/mol. The number of fused-ring (bicyclic) bond motifs is 1. The molecule has 3 fully saturated rings. The van der Waals surface area contributed by atoms with Gasteiger partial charge in [0.05, 0.1) is 49.9 Å². The molecule has 7 N–H and O–H groups in total. The van der Waals surface area contributed by atoms with E-state index >= 15 is 0 Å². The van der Waals surface area contributed by atoms with Crippen molar-refractivity contribution in [2.24, 2.45) is 11.1 Å². The van der Waals surface area contributed by atoms with E-state index in [1.165, 1.54) is 45.6 Å². The number of nitrogens with one attached hydrogen (secondary N) is 5. The molecule has 3 saturated heterocycles. The molecule has 4 aliphatic heterocycles. The number of halogens is 4.